The van der Waals surface area contributed by atoms with Crippen LogP contribution in [0.25, 0.3) is 0 Å². The molecule has 0 radical (unpaired) electrons. The van der Waals surface area contributed by atoms with Gasteiger partial charge in [0.15, 0.2) is 5.96 Å². The lowest BCUT2D eigenvalue weighted by atomic mass is 10.1. The van der Waals surface area contributed by atoms with Crippen molar-refractivity contribution in [2.24, 2.45) is 10.7 Å². The normalized spacial score (nSPS) is 16.7. The van der Waals surface area contributed by atoms with E-state index in [2.05, 4.69) is 36.4 Å². The van der Waals surface area contributed by atoms with Crippen LogP contribution in [0.1, 0.15) is 40.5 Å². The number of rotatable bonds is 5. The lowest BCUT2D eigenvalue weighted by molar-refractivity contribution is 0.0963. The third kappa shape index (κ3) is 9.85. The molecular formula is C15H32IN5O2. The zero-order valence-electron chi connectivity index (χ0n) is 14.7. The number of hydrogen-bond donors (Lipinski definition) is 3. The minimum atomic E-state index is -0.226. The maximum Gasteiger partial charge on any atom is 0.409 e. The Bertz CT molecular complexity index is 377. The topological polar surface area (TPSA) is 92.0 Å². The molecule has 136 valence electrons. The molecule has 0 aromatic heterocycles. The van der Waals surface area contributed by atoms with Crippen LogP contribution in [0.2, 0.25) is 0 Å². The van der Waals surface area contributed by atoms with E-state index >= 15 is 0 Å². The average Bonchev–Trinajstić information content (AvgIpc) is 2.44. The van der Waals surface area contributed by atoms with Crippen molar-refractivity contribution >= 4 is 36.0 Å². The van der Waals surface area contributed by atoms with Crippen LogP contribution in [0, 0.1) is 0 Å². The molecule has 0 atom stereocenters. The average molecular weight is 441 g/mol. The molecule has 1 aliphatic heterocycles. The highest BCUT2D eigenvalue weighted by molar-refractivity contribution is 14.0. The molecule has 0 aromatic rings. The number of carbonyl (C=O) groups is 1. The number of likely N-dealkylation sites (tertiary alicyclic amines) is 1. The van der Waals surface area contributed by atoms with Crippen molar-refractivity contribution in [3.8, 4) is 0 Å². The first-order valence-electron chi connectivity index (χ1n) is 8.05. The van der Waals surface area contributed by atoms with Crippen LogP contribution in [-0.2, 0) is 4.74 Å². The Morgan fingerprint density at radius 1 is 1.35 bits per heavy atom. The first-order chi connectivity index (χ1) is 10.3. The molecule has 0 bridgehead atoms. The molecule has 0 spiro atoms. The Kier molecular flexibility index (Phi) is 10.5. The number of carbonyl (C=O) groups excluding carboxylic acids is 1. The number of amides is 1. The summed E-state index contributed by atoms with van der Waals surface area (Å²) in [5, 5.41) is 6.59. The summed E-state index contributed by atoms with van der Waals surface area (Å²) in [6.45, 7) is 11.4. The number of halogens is 1. The fourth-order valence-electron chi connectivity index (χ4n) is 2.28. The van der Waals surface area contributed by atoms with Gasteiger partial charge in [-0.2, -0.15) is 0 Å². The number of piperidine rings is 1. The lowest BCUT2D eigenvalue weighted by Gasteiger charge is -2.31. The van der Waals surface area contributed by atoms with Crippen molar-refractivity contribution in [2.75, 3.05) is 32.8 Å². The largest absolute Gasteiger partial charge is 0.450 e. The number of nitrogens with two attached hydrogens (primary N) is 1. The van der Waals surface area contributed by atoms with E-state index in [0.717, 1.165) is 19.4 Å². The molecule has 8 heteroatoms. The van der Waals surface area contributed by atoms with Gasteiger partial charge in [0.05, 0.1) is 13.2 Å². The van der Waals surface area contributed by atoms with Crippen molar-refractivity contribution < 1.29 is 9.53 Å². The standard InChI is InChI=1S/C15H31N5O2.HI/c1-5-22-14(21)20-10-6-12(7-11-20)19-13(16)17-8-9-18-15(2,3)4;/h12,18H,5-11H2,1-4H3,(H3,16,17,19);1H. The second-order valence-electron chi connectivity index (χ2n) is 6.55. The van der Waals surface area contributed by atoms with E-state index in [9.17, 15) is 4.79 Å². The summed E-state index contributed by atoms with van der Waals surface area (Å²) in [4.78, 5) is 17.7. The molecule has 4 N–H and O–H groups in total. The summed E-state index contributed by atoms with van der Waals surface area (Å²) in [6.07, 6.45) is 1.49. The summed E-state index contributed by atoms with van der Waals surface area (Å²) >= 11 is 0. The fraction of sp³-hybridized carbons (Fsp3) is 0.867. The van der Waals surface area contributed by atoms with Crippen LogP contribution in [0.5, 0.6) is 0 Å². The number of nitrogens with one attached hydrogen (secondary N) is 2. The molecule has 23 heavy (non-hydrogen) atoms. The molecule has 1 amide bonds. The summed E-state index contributed by atoms with van der Waals surface area (Å²) in [6, 6.07) is 0.269. The Balaban J connectivity index is 0.00000484. The monoisotopic (exact) mass is 441 g/mol. The molecule has 0 saturated carbocycles. The van der Waals surface area contributed by atoms with Gasteiger partial charge < -0.3 is 26.0 Å². The van der Waals surface area contributed by atoms with E-state index in [1.54, 1.807) is 4.90 Å². The third-order valence-corrected chi connectivity index (χ3v) is 3.42. The summed E-state index contributed by atoms with van der Waals surface area (Å²) in [5.41, 5.74) is 6.00. The van der Waals surface area contributed by atoms with E-state index in [0.29, 0.717) is 32.2 Å². The first-order valence-corrected chi connectivity index (χ1v) is 8.05. The highest BCUT2D eigenvalue weighted by atomic mass is 127. The van der Waals surface area contributed by atoms with Gasteiger partial charge >= 0.3 is 6.09 Å². The Morgan fingerprint density at radius 3 is 2.48 bits per heavy atom. The zero-order chi connectivity index (χ0) is 16.6. The van der Waals surface area contributed by atoms with Crippen LogP contribution >= 0.6 is 24.0 Å². The van der Waals surface area contributed by atoms with E-state index in [1.165, 1.54) is 0 Å². The Hall–Kier alpha value is -0.770. The van der Waals surface area contributed by atoms with E-state index in [-0.39, 0.29) is 41.7 Å². The fourth-order valence-corrected chi connectivity index (χ4v) is 2.28. The van der Waals surface area contributed by atoms with Crippen molar-refractivity contribution in [3.63, 3.8) is 0 Å². The molecule has 1 aliphatic rings. The molecule has 1 saturated heterocycles. The highest BCUT2D eigenvalue weighted by Gasteiger charge is 2.23. The first kappa shape index (κ1) is 22.2. The van der Waals surface area contributed by atoms with E-state index in [4.69, 9.17) is 10.5 Å². The number of ether oxygens (including phenoxy) is 1. The van der Waals surface area contributed by atoms with Crippen molar-refractivity contribution in [2.45, 2.75) is 52.1 Å². The minimum Gasteiger partial charge on any atom is -0.450 e. The zero-order valence-corrected chi connectivity index (χ0v) is 17.1. The molecule has 0 unspecified atom stereocenters. The molecule has 1 fully saturated rings. The predicted octanol–water partition coefficient (Wildman–Crippen LogP) is 1.52. The molecule has 0 aromatic carbocycles. The van der Waals surface area contributed by atoms with Gasteiger partial charge in [-0.25, -0.2) is 4.79 Å². The molecule has 0 aliphatic carbocycles. The molecule has 7 nitrogen and oxygen atoms in total. The van der Waals surface area contributed by atoms with Crippen LogP contribution < -0.4 is 16.4 Å². The second-order valence-corrected chi connectivity index (χ2v) is 6.55. The van der Waals surface area contributed by atoms with Gasteiger partial charge in [0.1, 0.15) is 0 Å². The highest BCUT2D eigenvalue weighted by Crippen LogP contribution is 2.11. The van der Waals surface area contributed by atoms with Crippen LogP contribution in [0.15, 0.2) is 4.99 Å². The van der Waals surface area contributed by atoms with E-state index in [1.807, 2.05) is 6.92 Å². The van der Waals surface area contributed by atoms with Gasteiger partial charge in [-0.1, -0.05) is 0 Å². The third-order valence-electron chi connectivity index (χ3n) is 3.42. The maximum atomic E-state index is 11.6. The summed E-state index contributed by atoms with van der Waals surface area (Å²) < 4.78 is 5.00. The number of aliphatic imine (C=N–C) groups is 1. The predicted molar refractivity (Wildman–Crippen MR) is 104 cm³/mol. The van der Waals surface area contributed by atoms with Crippen molar-refractivity contribution in [3.05, 3.63) is 0 Å². The smallest absolute Gasteiger partial charge is 0.409 e. The SMILES string of the molecule is CCOC(=O)N1CCC(NC(N)=NCCNC(C)(C)C)CC1.I. The van der Waals surface area contributed by atoms with Gasteiger partial charge in [-0.3, -0.25) is 4.99 Å². The van der Waals surface area contributed by atoms with Gasteiger partial charge in [-0.15, -0.1) is 24.0 Å². The quantitative estimate of drug-likeness (QED) is 0.261. The van der Waals surface area contributed by atoms with E-state index < -0.39 is 0 Å². The lowest BCUT2D eigenvalue weighted by Crippen LogP contribution is -2.48. The molecule has 1 rings (SSSR count). The second kappa shape index (κ2) is 10.9. The Labute approximate surface area is 156 Å². The number of nitrogens with zero attached hydrogens (tertiary/aromatic N) is 2. The van der Waals surface area contributed by atoms with Crippen LogP contribution in [-0.4, -0.2) is 61.3 Å². The number of guanidine groups is 1. The van der Waals surface area contributed by atoms with Gasteiger partial charge in [-0.05, 0) is 40.5 Å². The molecule has 1 heterocycles. The Morgan fingerprint density at radius 2 is 1.96 bits per heavy atom. The van der Waals surface area contributed by atoms with Gasteiger partial charge in [0, 0.05) is 31.2 Å². The summed E-state index contributed by atoms with van der Waals surface area (Å²) in [7, 11) is 0. The minimum absolute atomic E-state index is 0. The van der Waals surface area contributed by atoms with Crippen LogP contribution in [0.4, 0.5) is 4.79 Å². The molecular weight excluding hydrogens is 409 g/mol. The van der Waals surface area contributed by atoms with Gasteiger partial charge in [0.25, 0.3) is 0 Å². The summed E-state index contributed by atoms with van der Waals surface area (Å²) in [5.74, 6) is 0.477. The van der Waals surface area contributed by atoms with Crippen LogP contribution in [0.3, 0.4) is 0 Å². The number of hydrogen-bond acceptors (Lipinski definition) is 4. The maximum absolute atomic E-state index is 11.6. The van der Waals surface area contributed by atoms with Gasteiger partial charge in [0.2, 0.25) is 0 Å². The van der Waals surface area contributed by atoms with Crippen molar-refractivity contribution in [1.82, 2.24) is 15.5 Å². The van der Waals surface area contributed by atoms with Crippen molar-refractivity contribution in [1.29, 1.82) is 0 Å².